The van der Waals surface area contributed by atoms with Gasteiger partial charge >= 0.3 is 0 Å². The van der Waals surface area contributed by atoms with Crippen LogP contribution in [0.2, 0.25) is 0 Å². The minimum absolute atomic E-state index is 0.527. The fraction of sp³-hybridized carbons (Fsp3) is 0.143. The zero-order chi connectivity index (χ0) is 13.2. The lowest BCUT2D eigenvalue weighted by molar-refractivity contribution is -0.394. The smallest absolute Gasteiger partial charge is 0.258 e. The number of rotatable bonds is 4. The maximum atomic E-state index is 11.4. The number of nitro groups is 2. The summed E-state index contributed by atoms with van der Waals surface area (Å²) in [6, 6.07) is 2.19. The van der Waals surface area contributed by atoms with Crippen LogP contribution < -0.4 is 4.72 Å². The molecule has 0 aliphatic carbocycles. The summed E-state index contributed by atoms with van der Waals surface area (Å²) in [6.07, 6.45) is 0. The van der Waals surface area contributed by atoms with Crippen LogP contribution in [-0.2, 0) is 10.0 Å². The lowest BCUT2D eigenvalue weighted by atomic mass is 10.3. The Labute approximate surface area is 95.4 Å². The third kappa shape index (κ3) is 2.73. The quantitative estimate of drug-likeness (QED) is 0.616. The van der Waals surface area contributed by atoms with Gasteiger partial charge in [-0.05, 0) is 7.05 Å². The zero-order valence-electron chi connectivity index (χ0n) is 8.48. The molecule has 0 amide bonds. The fourth-order valence-electron chi connectivity index (χ4n) is 1.05. The summed E-state index contributed by atoms with van der Waals surface area (Å²) in [5.41, 5.74) is -1.32. The van der Waals surface area contributed by atoms with Gasteiger partial charge in [0.05, 0.1) is 20.8 Å². The van der Waals surface area contributed by atoms with Crippen LogP contribution in [0.5, 0.6) is 0 Å². The van der Waals surface area contributed by atoms with Gasteiger partial charge < -0.3 is 0 Å². The van der Waals surface area contributed by atoms with Crippen LogP contribution in [0.4, 0.5) is 11.4 Å². The molecule has 10 heteroatoms. The Balaban J connectivity index is 3.53. The summed E-state index contributed by atoms with van der Waals surface area (Å²) in [6.45, 7) is 0. The number of hydrogen-bond donors (Lipinski definition) is 1. The standard InChI is InChI=1S/C7H7N3O6S/c1-8-17(15,16)7-3-5(9(11)12)2-6(4-7)10(13)14/h2-4,8H,1H3. The Morgan fingerprint density at radius 3 is 1.76 bits per heavy atom. The topological polar surface area (TPSA) is 132 Å². The van der Waals surface area contributed by atoms with E-state index in [1.165, 1.54) is 0 Å². The molecule has 0 aliphatic heterocycles. The normalized spacial score (nSPS) is 11.1. The second-order valence-electron chi connectivity index (χ2n) is 2.91. The van der Waals surface area contributed by atoms with Gasteiger partial charge in [0.2, 0.25) is 10.0 Å². The van der Waals surface area contributed by atoms with E-state index in [1.807, 2.05) is 4.72 Å². The van der Waals surface area contributed by atoms with Crippen molar-refractivity contribution in [2.24, 2.45) is 0 Å². The van der Waals surface area contributed by atoms with Crippen molar-refractivity contribution in [2.45, 2.75) is 4.90 Å². The van der Waals surface area contributed by atoms with Crippen LogP contribution in [0.1, 0.15) is 0 Å². The molecule has 0 atom stereocenters. The van der Waals surface area contributed by atoms with Gasteiger partial charge in [-0.1, -0.05) is 0 Å². The molecule has 0 bridgehead atoms. The molecule has 92 valence electrons. The van der Waals surface area contributed by atoms with Crippen molar-refractivity contribution >= 4 is 21.4 Å². The molecule has 9 nitrogen and oxygen atoms in total. The Bertz CT molecular complexity index is 549. The van der Waals surface area contributed by atoms with E-state index in [0.29, 0.717) is 6.07 Å². The maximum absolute atomic E-state index is 11.4. The first kappa shape index (κ1) is 13.0. The number of nitrogens with zero attached hydrogens (tertiary/aromatic N) is 2. The maximum Gasteiger partial charge on any atom is 0.277 e. The average Bonchev–Trinajstić information content (AvgIpc) is 2.28. The summed E-state index contributed by atoms with van der Waals surface area (Å²) in [5, 5.41) is 21.0. The molecule has 0 aliphatic rings. The molecule has 1 rings (SSSR count). The first-order valence-corrected chi connectivity index (χ1v) is 5.63. The lowest BCUT2D eigenvalue weighted by Gasteiger charge is -2.02. The highest BCUT2D eigenvalue weighted by molar-refractivity contribution is 7.89. The molecule has 1 aromatic rings. The molecule has 0 unspecified atom stereocenters. The van der Waals surface area contributed by atoms with E-state index in [9.17, 15) is 28.6 Å². The lowest BCUT2D eigenvalue weighted by Crippen LogP contribution is -2.18. The van der Waals surface area contributed by atoms with E-state index >= 15 is 0 Å². The predicted octanol–water partition coefficient (Wildman–Crippen LogP) is 0.411. The van der Waals surface area contributed by atoms with Crippen LogP contribution >= 0.6 is 0 Å². The Morgan fingerprint density at radius 1 is 1.06 bits per heavy atom. The fourth-order valence-corrected chi connectivity index (χ4v) is 1.84. The van der Waals surface area contributed by atoms with Gasteiger partial charge in [-0.2, -0.15) is 0 Å². The van der Waals surface area contributed by atoms with Crippen molar-refractivity contribution in [1.29, 1.82) is 0 Å². The Kier molecular flexibility index (Phi) is 3.39. The molecule has 0 spiro atoms. The minimum atomic E-state index is -3.97. The largest absolute Gasteiger partial charge is 0.277 e. The molecule has 0 aromatic heterocycles. The van der Waals surface area contributed by atoms with E-state index in [4.69, 9.17) is 0 Å². The number of sulfonamides is 1. The Morgan fingerprint density at radius 2 is 1.47 bits per heavy atom. The third-order valence-corrected chi connectivity index (χ3v) is 3.27. The number of hydrogen-bond acceptors (Lipinski definition) is 6. The van der Waals surface area contributed by atoms with Gasteiger partial charge in [-0.15, -0.1) is 0 Å². The number of nitrogens with one attached hydrogen (secondary N) is 1. The molecule has 17 heavy (non-hydrogen) atoms. The molecule has 0 radical (unpaired) electrons. The summed E-state index contributed by atoms with van der Waals surface area (Å²) in [5.74, 6) is 0. The Hall–Kier alpha value is -2.07. The first-order chi connectivity index (χ1) is 7.77. The molecule has 1 N–H and O–H groups in total. The van der Waals surface area contributed by atoms with Gasteiger partial charge in [0.1, 0.15) is 0 Å². The SMILES string of the molecule is CNS(=O)(=O)c1cc([N+](=O)[O-])cc([N+](=O)[O-])c1. The van der Waals surface area contributed by atoms with E-state index in [0.717, 1.165) is 19.2 Å². The van der Waals surface area contributed by atoms with E-state index < -0.39 is 36.1 Å². The van der Waals surface area contributed by atoms with Gasteiger partial charge in [0, 0.05) is 12.1 Å². The monoisotopic (exact) mass is 261 g/mol. The zero-order valence-corrected chi connectivity index (χ0v) is 9.30. The van der Waals surface area contributed by atoms with Crippen molar-refractivity contribution in [3.8, 4) is 0 Å². The van der Waals surface area contributed by atoms with E-state index in [2.05, 4.69) is 0 Å². The third-order valence-electron chi connectivity index (χ3n) is 1.88. The van der Waals surface area contributed by atoms with Gasteiger partial charge in [0.15, 0.2) is 0 Å². The highest BCUT2D eigenvalue weighted by Gasteiger charge is 2.22. The number of benzene rings is 1. The van der Waals surface area contributed by atoms with Crippen LogP contribution in [0, 0.1) is 20.2 Å². The average molecular weight is 261 g/mol. The van der Waals surface area contributed by atoms with Crippen molar-refractivity contribution in [3.05, 3.63) is 38.4 Å². The van der Waals surface area contributed by atoms with Crippen molar-refractivity contribution in [3.63, 3.8) is 0 Å². The van der Waals surface area contributed by atoms with Crippen LogP contribution in [0.3, 0.4) is 0 Å². The molecule has 0 fully saturated rings. The first-order valence-electron chi connectivity index (χ1n) is 4.15. The number of nitro benzene ring substituents is 2. The second-order valence-corrected chi connectivity index (χ2v) is 4.79. The van der Waals surface area contributed by atoms with E-state index in [-0.39, 0.29) is 0 Å². The highest BCUT2D eigenvalue weighted by Crippen LogP contribution is 2.25. The van der Waals surface area contributed by atoms with Crippen molar-refractivity contribution < 1.29 is 18.3 Å². The van der Waals surface area contributed by atoms with Gasteiger partial charge in [-0.3, -0.25) is 20.2 Å². The van der Waals surface area contributed by atoms with Crippen LogP contribution in [-0.4, -0.2) is 25.3 Å². The molecule has 1 aromatic carbocycles. The highest BCUT2D eigenvalue weighted by atomic mass is 32.2. The molecule has 0 saturated heterocycles. The molecule has 0 saturated carbocycles. The molecular weight excluding hydrogens is 254 g/mol. The van der Waals surface area contributed by atoms with Gasteiger partial charge in [-0.25, -0.2) is 13.1 Å². The minimum Gasteiger partial charge on any atom is -0.258 e. The summed E-state index contributed by atoms with van der Waals surface area (Å²) >= 11 is 0. The number of non-ortho nitro benzene ring substituents is 2. The van der Waals surface area contributed by atoms with Crippen molar-refractivity contribution in [2.75, 3.05) is 7.05 Å². The van der Waals surface area contributed by atoms with Gasteiger partial charge in [0.25, 0.3) is 11.4 Å². The summed E-state index contributed by atoms with van der Waals surface area (Å²) in [4.78, 5) is 18.7. The van der Waals surface area contributed by atoms with Crippen molar-refractivity contribution in [1.82, 2.24) is 4.72 Å². The predicted molar refractivity (Wildman–Crippen MR) is 56.0 cm³/mol. The summed E-state index contributed by atoms with van der Waals surface area (Å²) < 4.78 is 24.7. The molecule has 0 heterocycles. The summed E-state index contributed by atoms with van der Waals surface area (Å²) in [7, 11) is -2.87. The van der Waals surface area contributed by atoms with Crippen LogP contribution in [0.15, 0.2) is 23.1 Å². The van der Waals surface area contributed by atoms with E-state index in [1.54, 1.807) is 0 Å². The second kappa shape index (κ2) is 4.43. The molecular formula is C7H7N3O6S. The van der Waals surface area contributed by atoms with Crippen LogP contribution in [0.25, 0.3) is 0 Å².